The topological polar surface area (TPSA) is 58.2 Å². The number of benzene rings is 1. The van der Waals surface area contributed by atoms with Crippen molar-refractivity contribution in [3.63, 3.8) is 0 Å². The van der Waals surface area contributed by atoms with Crippen molar-refractivity contribution in [2.45, 2.75) is 39.2 Å². The van der Waals surface area contributed by atoms with Gasteiger partial charge < -0.3 is 5.32 Å². The lowest BCUT2D eigenvalue weighted by Crippen LogP contribution is -2.33. The summed E-state index contributed by atoms with van der Waals surface area (Å²) in [5.41, 5.74) is 1.49. The van der Waals surface area contributed by atoms with Gasteiger partial charge in [0.25, 0.3) is 0 Å². The smallest absolute Gasteiger partial charge is 0.229 e. The molecule has 2 N–H and O–H groups in total. The van der Waals surface area contributed by atoms with Gasteiger partial charge in [-0.05, 0) is 36.8 Å². The average molecular weight is 296 g/mol. The maximum atomic E-state index is 11.4. The van der Waals surface area contributed by atoms with Gasteiger partial charge in [0.15, 0.2) is 0 Å². The molecule has 1 saturated carbocycles. The van der Waals surface area contributed by atoms with Crippen LogP contribution in [0.4, 0.5) is 11.4 Å². The van der Waals surface area contributed by atoms with Crippen LogP contribution < -0.4 is 10.0 Å². The van der Waals surface area contributed by atoms with Crippen LogP contribution >= 0.6 is 0 Å². The summed E-state index contributed by atoms with van der Waals surface area (Å²) in [5.74, 6) is 1.33. The van der Waals surface area contributed by atoms with E-state index in [9.17, 15) is 8.42 Å². The van der Waals surface area contributed by atoms with Crippen LogP contribution in [0.3, 0.4) is 0 Å². The number of nitrogens with one attached hydrogen (secondary N) is 2. The molecule has 0 amide bonds. The van der Waals surface area contributed by atoms with Crippen molar-refractivity contribution in [2.24, 2.45) is 11.8 Å². The third kappa shape index (κ3) is 4.13. The number of sulfonamides is 1. The van der Waals surface area contributed by atoms with Crippen LogP contribution in [0.2, 0.25) is 0 Å². The molecule has 0 spiro atoms. The highest BCUT2D eigenvalue weighted by atomic mass is 32.2. The molecular formula is C15H24N2O2S. The Hall–Kier alpha value is -1.23. The zero-order valence-electron chi connectivity index (χ0n) is 12.4. The fraction of sp³-hybridized carbons (Fsp3) is 0.600. The SMILES string of the molecule is CC1CCC(C)C(Nc2ccccc2NS(C)(=O)=O)C1. The van der Waals surface area contributed by atoms with Gasteiger partial charge in [-0.3, -0.25) is 4.72 Å². The summed E-state index contributed by atoms with van der Waals surface area (Å²) in [7, 11) is -3.25. The number of hydrogen-bond donors (Lipinski definition) is 2. The van der Waals surface area contributed by atoms with Crippen LogP contribution in [0.15, 0.2) is 24.3 Å². The maximum Gasteiger partial charge on any atom is 0.229 e. The molecule has 0 radical (unpaired) electrons. The fourth-order valence-electron chi connectivity index (χ4n) is 2.83. The summed E-state index contributed by atoms with van der Waals surface area (Å²) in [6, 6.07) is 7.89. The van der Waals surface area contributed by atoms with Gasteiger partial charge in [-0.15, -0.1) is 0 Å². The van der Waals surface area contributed by atoms with E-state index in [0.717, 1.165) is 18.0 Å². The first-order valence-corrected chi connectivity index (χ1v) is 9.07. The van der Waals surface area contributed by atoms with E-state index in [1.807, 2.05) is 18.2 Å². The van der Waals surface area contributed by atoms with Gasteiger partial charge in [-0.2, -0.15) is 0 Å². The Kier molecular flexibility index (Phi) is 4.58. The number of rotatable bonds is 4. The van der Waals surface area contributed by atoms with E-state index in [1.165, 1.54) is 19.1 Å². The monoisotopic (exact) mass is 296 g/mol. The minimum atomic E-state index is -3.25. The van der Waals surface area contributed by atoms with Crippen molar-refractivity contribution in [3.05, 3.63) is 24.3 Å². The Morgan fingerprint density at radius 3 is 2.40 bits per heavy atom. The molecule has 1 aliphatic carbocycles. The van der Waals surface area contributed by atoms with Crippen LogP contribution in [0.25, 0.3) is 0 Å². The first kappa shape index (κ1) is 15.2. The van der Waals surface area contributed by atoms with Crippen LogP contribution in [-0.4, -0.2) is 20.7 Å². The molecule has 4 nitrogen and oxygen atoms in total. The summed E-state index contributed by atoms with van der Waals surface area (Å²) in [4.78, 5) is 0. The van der Waals surface area contributed by atoms with Crippen molar-refractivity contribution in [1.29, 1.82) is 0 Å². The molecule has 1 aromatic carbocycles. The number of anilines is 2. The van der Waals surface area contributed by atoms with Gasteiger partial charge in [0.05, 0.1) is 17.6 Å². The zero-order chi connectivity index (χ0) is 14.8. The van der Waals surface area contributed by atoms with E-state index < -0.39 is 10.0 Å². The van der Waals surface area contributed by atoms with Gasteiger partial charge in [0.1, 0.15) is 0 Å². The molecule has 1 fully saturated rings. The third-order valence-electron chi connectivity index (χ3n) is 4.02. The molecule has 0 bridgehead atoms. The third-order valence-corrected chi connectivity index (χ3v) is 4.61. The van der Waals surface area contributed by atoms with E-state index in [-0.39, 0.29) is 0 Å². The molecule has 3 unspecified atom stereocenters. The van der Waals surface area contributed by atoms with Gasteiger partial charge in [0, 0.05) is 6.04 Å². The molecule has 2 rings (SSSR count). The normalized spacial score (nSPS) is 27.1. The van der Waals surface area contributed by atoms with E-state index in [1.54, 1.807) is 6.07 Å². The van der Waals surface area contributed by atoms with Gasteiger partial charge in [0.2, 0.25) is 10.0 Å². The van der Waals surface area contributed by atoms with Crippen LogP contribution in [0, 0.1) is 11.8 Å². The first-order valence-electron chi connectivity index (χ1n) is 7.18. The number of para-hydroxylation sites is 2. The Balaban J connectivity index is 2.16. The summed E-state index contributed by atoms with van der Waals surface area (Å²) in [5, 5.41) is 3.53. The quantitative estimate of drug-likeness (QED) is 0.896. The Morgan fingerprint density at radius 1 is 1.10 bits per heavy atom. The first-order chi connectivity index (χ1) is 9.35. The van der Waals surface area contributed by atoms with E-state index in [2.05, 4.69) is 23.9 Å². The molecule has 0 aliphatic heterocycles. The largest absolute Gasteiger partial charge is 0.380 e. The zero-order valence-corrected chi connectivity index (χ0v) is 13.2. The summed E-state index contributed by atoms with van der Waals surface area (Å²) >= 11 is 0. The van der Waals surface area contributed by atoms with Gasteiger partial charge >= 0.3 is 0 Å². The molecule has 3 atom stereocenters. The molecule has 112 valence electrons. The predicted octanol–water partition coefficient (Wildman–Crippen LogP) is 3.29. The number of hydrogen-bond acceptors (Lipinski definition) is 3. The highest BCUT2D eigenvalue weighted by Gasteiger charge is 2.25. The summed E-state index contributed by atoms with van der Waals surface area (Å²) < 4.78 is 25.4. The standard InChI is InChI=1S/C15H24N2O2S/c1-11-8-9-12(2)15(10-11)16-13-6-4-5-7-14(13)17-20(3,18)19/h4-7,11-12,15-17H,8-10H2,1-3H3. The second kappa shape index (κ2) is 6.04. The van der Waals surface area contributed by atoms with Crippen molar-refractivity contribution in [3.8, 4) is 0 Å². The molecule has 1 aromatic rings. The highest BCUT2D eigenvalue weighted by Crippen LogP contribution is 2.32. The van der Waals surface area contributed by atoms with Crippen molar-refractivity contribution in [2.75, 3.05) is 16.3 Å². The maximum absolute atomic E-state index is 11.4. The lowest BCUT2D eigenvalue weighted by molar-refractivity contribution is 0.281. The molecule has 0 heterocycles. The second-order valence-corrected chi connectivity index (χ2v) is 7.81. The van der Waals surface area contributed by atoms with Crippen LogP contribution in [0.1, 0.15) is 33.1 Å². The molecule has 0 aromatic heterocycles. The molecule has 20 heavy (non-hydrogen) atoms. The predicted molar refractivity (Wildman–Crippen MR) is 84.5 cm³/mol. The highest BCUT2D eigenvalue weighted by molar-refractivity contribution is 7.92. The van der Waals surface area contributed by atoms with E-state index in [0.29, 0.717) is 17.6 Å². The van der Waals surface area contributed by atoms with Crippen molar-refractivity contribution in [1.82, 2.24) is 0 Å². The van der Waals surface area contributed by atoms with Gasteiger partial charge in [-0.1, -0.05) is 32.4 Å². The minimum absolute atomic E-state index is 0.404. The molecule has 1 aliphatic rings. The molecule has 5 heteroatoms. The van der Waals surface area contributed by atoms with E-state index in [4.69, 9.17) is 0 Å². The lowest BCUT2D eigenvalue weighted by Gasteiger charge is -2.34. The van der Waals surface area contributed by atoms with Crippen molar-refractivity contribution < 1.29 is 8.42 Å². The van der Waals surface area contributed by atoms with Crippen LogP contribution in [-0.2, 0) is 10.0 Å². The van der Waals surface area contributed by atoms with Crippen molar-refractivity contribution >= 4 is 21.4 Å². The summed E-state index contributed by atoms with van der Waals surface area (Å²) in [6.45, 7) is 4.54. The fourth-order valence-corrected chi connectivity index (χ4v) is 3.41. The van der Waals surface area contributed by atoms with Crippen LogP contribution in [0.5, 0.6) is 0 Å². The Bertz CT molecular complexity index is 557. The van der Waals surface area contributed by atoms with Gasteiger partial charge in [-0.25, -0.2) is 8.42 Å². The summed E-state index contributed by atoms with van der Waals surface area (Å²) in [6.07, 6.45) is 4.81. The minimum Gasteiger partial charge on any atom is -0.380 e. The Labute approximate surface area is 122 Å². The average Bonchev–Trinajstić information content (AvgIpc) is 2.34. The molecular weight excluding hydrogens is 272 g/mol. The Morgan fingerprint density at radius 2 is 1.75 bits per heavy atom. The molecule has 0 saturated heterocycles. The lowest BCUT2D eigenvalue weighted by atomic mass is 9.80. The van der Waals surface area contributed by atoms with E-state index >= 15 is 0 Å². The second-order valence-electron chi connectivity index (χ2n) is 6.07.